The van der Waals surface area contributed by atoms with E-state index in [0.29, 0.717) is 64.7 Å². The molecule has 51 heavy (non-hydrogen) atoms. The zero-order valence-corrected chi connectivity index (χ0v) is 28.7. The second-order valence-electron chi connectivity index (χ2n) is 14.0. The topological polar surface area (TPSA) is 115 Å². The second kappa shape index (κ2) is 13.1. The predicted molar refractivity (Wildman–Crippen MR) is 189 cm³/mol. The molecule has 1 aliphatic carbocycles. The number of benzene rings is 3. The number of nitrogens with zero attached hydrogens (tertiary/aromatic N) is 6. The van der Waals surface area contributed by atoms with E-state index in [1.54, 1.807) is 23.1 Å². The molecule has 3 aromatic carbocycles. The molecule has 3 atom stereocenters. The first kappa shape index (κ1) is 33.4. The molecule has 0 spiro atoms. The van der Waals surface area contributed by atoms with E-state index < -0.39 is 23.6 Å². The summed E-state index contributed by atoms with van der Waals surface area (Å²) >= 11 is 6.58. The Morgan fingerprint density at radius 2 is 2.04 bits per heavy atom. The van der Waals surface area contributed by atoms with Crippen molar-refractivity contribution >= 4 is 45.0 Å². The Bertz CT molecular complexity index is 2110. The highest BCUT2D eigenvalue weighted by molar-refractivity contribution is 6.37. The summed E-state index contributed by atoms with van der Waals surface area (Å²) in [6, 6.07) is 11.7. The largest absolute Gasteiger partial charge is 0.507 e. The van der Waals surface area contributed by atoms with E-state index in [-0.39, 0.29) is 54.1 Å². The average molecular weight is 715 g/mol. The number of alkyl halides is 1. The van der Waals surface area contributed by atoms with Crippen molar-refractivity contribution in [3.63, 3.8) is 0 Å². The lowest BCUT2D eigenvalue weighted by Crippen LogP contribution is -2.55. The number of amides is 1. The van der Waals surface area contributed by atoms with Crippen molar-refractivity contribution in [1.82, 2.24) is 19.8 Å². The lowest BCUT2D eigenvalue weighted by Gasteiger charge is -2.41. The van der Waals surface area contributed by atoms with E-state index >= 15 is 0 Å². The van der Waals surface area contributed by atoms with Crippen molar-refractivity contribution in [2.45, 2.75) is 62.4 Å². The monoisotopic (exact) mass is 714 g/mol. The minimum Gasteiger partial charge on any atom is -0.507 e. The van der Waals surface area contributed by atoms with E-state index in [4.69, 9.17) is 31.0 Å². The number of ether oxygens (including phenoxy) is 2. The molecule has 3 aliphatic heterocycles. The van der Waals surface area contributed by atoms with Gasteiger partial charge in [0.2, 0.25) is 5.91 Å². The maximum absolute atomic E-state index is 14.9. The fourth-order valence-electron chi connectivity index (χ4n) is 8.12. The van der Waals surface area contributed by atoms with Gasteiger partial charge in [-0.15, -0.1) is 0 Å². The third-order valence-electron chi connectivity index (χ3n) is 10.7. The molecule has 1 amide bonds. The lowest BCUT2D eigenvalue weighted by molar-refractivity contribution is -0.128. The number of carbonyl (C=O) groups excluding carboxylic acids is 1. The summed E-state index contributed by atoms with van der Waals surface area (Å²) in [6.45, 7) is 5.95. The number of halogens is 3. The standard InChI is InChI=1S/C38H37ClF2N6O4/c1-2-30(49)47-16-15-45(20-24(47)11-13-42)36-27-17-29(48)32(26-6-3-5-22-7-10-28(41)33(39)31(22)26)35(51-25-8-9-25)34(27)43-37(44-36)50-21-38-12-4-14-46(38)19-23(40)18-38/h2-3,5-7,10,17,23-25,48H,1,4,8-9,11-12,14-16,18-21H2/t23-,24+,38+/m1/s1. The molecular weight excluding hydrogens is 678 g/mol. The van der Waals surface area contributed by atoms with Crippen LogP contribution in [0.4, 0.5) is 14.6 Å². The summed E-state index contributed by atoms with van der Waals surface area (Å²) in [5.41, 5.74) is 0.699. The van der Waals surface area contributed by atoms with Crippen LogP contribution in [0, 0.1) is 17.1 Å². The van der Waals surface area contributed by atoms with E-state index in [0.717, 1.165) is 32.2 Å². The van der Waals surface area contributed by atoms with E-state index in [1.807, 2.05) is 17.0 Å². The fourth-order valence-corrected chi connectivity index (χ4v) is 8.39. The first-order valence-corrected chi connectivity index (χ1v) is 17.8. The van der Waals surface area contributed by atoms with Crippen molar-refractivity contribution in [1.29, 1.82) is 5.26 Å². The first-order valence-electron chi connectivity index (χ1n) is 17.4. The molecular formula is C38H37ClF2N6O4. The Hall–Kier alpha value is -4.73. The SMILES string of the molecule is C=CC(=O)N1CCN(c2nc(OC[C@@]34CCCN3C[C@H](F)C4)nc3c(OC4CC4)c(-c4cccc5ccc(F)c(Cl)c45)c(O)cc23)C[C@@H]1CC#N. The smallest absolute Gasteiger partial charge is 0.319 e. The Labute approximate surface area is 298 Å². The van der Waals surface area contributed by atoms with E-state index in [1.165, 1.54) is 12.1 Å². The molecule has 3 saturated heterocycles. The normalized spacial score (nSPS) is 23.4. The van der Waals surface area contributed by atoms with Gasteiger partial charge in [-0.05, 0) is 61.4 Å². The number of phenols is 1. The zero-order valence-electron chi connectivity index (χ0n) is 28.0. The van der Waals surface area contributed by atoms with Gasteiger partial charge in [0.1, 0.15) is 35.7 Å². The molecule has 8 rings (SSSR count). The van der Waals surface area contributed by atoms with Gasteiger partial charge in [-0.3, -0.25) is 9.69 Å². The Balaban J connectivity index is 1.31. The van der Waals surface area contributed by atoms with Gasteiger partial charge in [-0.2, -0.15) is 15.2 Å². The molecule has 4 fully saturated rings. The maximum atomic E-state index is 14.9. The van der Waals surface area contributed by atoms with Gasteiger partial charge in [0.05, 0.1) is 46.1 Å². The number of aromatic nitrogens is 2. The molecule has 10 nitrogen and oxygen atoms in total. The summed E-state index contributed by atoms with van der Waals surface area (Å²) < 4.78 is 42.6. The first-order chi connectivity index (χ1) is 24.7. The molecule has 1 N–H and O–H groups in total. The average Bonchev–Trinajstić information content (AvgIpc) is 3.78. The van der Waals surface area contributed by atoms with Crippen molar-refractivity contribution in [3.8, 4) is 34.7 Å². The molecule has 4 aliphatic rings. The summed E-state index contributed by atoms with van der Waals surface area (Å²) in [5.74, 6) is -0.274. The van der Waals surface area contributed by atoms with Crippen LogP contribution < -0.4 is 14.4 Å². The van der Waals surface area contributed by atoms with Gasteiger partial charge in [0.25, 0.3) is 0 Å². The van der Waals surface area contributed by atoms with Crippen LogP contribution in [-0.2, 0) is 4.79 Å². The van der Waals surface area contributed by atoms with Crippen LogP contribution >= 0.6 is 11.6 Å². The molecule has 0 bridgehead atoms. The van der Waals surface area contributed by atoms with Crippen LogP contribution in [0.3, 0.4) is 0 Å². The highest BCUT2D eigenvalue weighted by atomic mass is 35.5. The molecule has 0 unspecified atom stereocenters. The Morgan fingerprint density at radius 1 is 1.20 bits per heavy atom. The predicted octanol–water partition coefficient (Wildman–Crippen LogP) is 6.56. The Morgan fingerprint density at radius 3 is 2.82 bits per heavy atom. The quantitative estimate of drug-likeness (QED) is 0.193. The molecule has 4 aromatic rings. The number of anilines is 1. The fraction of sp³-hybridized carbons (Fsp3) is 0.421. The third kappa shape index (κ3) is 5.96. The minimum atomic E-state index is -0.935. The van der Waals surface area contributed by atoms with Crippen molar-refractivity contribution in [2.24, 2.45) is 0 Å². The summed E-state index contributed by atoms with van der Waals surface area (Å²) in [6.07, 6.45) is 4.01. The highest BCUT2D eigenvalue weighted by Gasteiger charge is 2.49. The van der Waals surface area contributed by atoms with Crippen molar-refractivity contribution in [3.05, 3.63) is 59.9 Å². The number of phenolic OH excluding ortho intramolecular Hbond substituents is 1. The number of rotatable bonds is 9. The van der Waals surface area contributed by atoms with E-state index in [9.17, 15) is 23.9 Å². The van der Waals surface area contributed by atoms with Gasteiger partial charge in [-0.1, -0.05) is 42.4 Å². The van der Waals surface area contributed by atoms with Crippen LogP contribution in [0.2, 0.25) is 5.02 Å². The summed E-state index contributed by atoms with van der Waals surface area (Å²) in [5, 5.41) is 23.0. The van der Waals surface area contributed by atoms with Crippen LogP contribution in [0.5, 0.6) is 17.5 Å². The van der Waals surface area contributed by atoms with Crippen LogP contribution in [0.1, 0.15) is 38.5 Å². The molecule has 1 saturated carbocycles. The molecule has 1 aromatic heterocycles. The van der Waals surface area contributed by atoms with Gasteiger partial charge in [-0.25, -0.2) is 8.78 Å². The van der Waals surface area contributed by atoms with Gasteiger partial charge < -0.3 is 24.4 Å². The highest BCUT2D eigenvalue weighted by Crippen LogP contribution is 2.50. The molecule has 264 valence electrons. The molecule has 0 radical (unpaired) electrons. The molecule has 13 heteroatoms. The van der Waals surface area contributed by atoms with Crippen molar-refractivity contribution in [2.75, 3.05) is 44.2 Å². The van der Waals surface area contributed by atoms with Crippen LogP contribution in [0.25, 0.3) is 32.8 Å². The number of nitriles is 1. The number of hydrogen-bond acceptors (Lipinski definition) is 9. The third-order valence-corrected chi connectivity index (χ3v) is 11.1. The van der Waals surface area contributed by atoms with Gasteiger partial charge in [0, 0.05) is 38.0 Å². The number of aromatic hydroxyl groups is 1. The summed E-state index contributed by atoms with van der Waals surface area (Å²) in [7, 11) is 0. The number of fused-ring (bicyclic) bond motifs is 3. The number of hydrogen-bond donors (Lipinski definition) is 1. The van der Waals surface area contributed by atoms with Crippen LogP contribution in [-0.4, -0.2) is 94.0 Å². The Kier molecular flexibility index (Phi) is 8.59. The lowest BCUT2D eigenvalue weighted by atomic mass is 9.95. The molecule has 4 heterocycles. The zero-order chi connectivity index (χ0) is 35.4. The minimum absolute atomic E-state index is 0.0572. The second-order valence-corrected chi connectivity index (χ2v) is 14.3. The van der Waals surface area contributed by atoms with E-state index in [2.05, 4.69) is 17.5 Å². The van der Waals surface area contributed by atoms with Gasteiger partial charge >= 0.3 is 6.01 Å². The number of piperazine rings is 1. The van der Waals surface area contributed by atoms with Gasteiger partial charge in [0.15, 0.2) is 5.75 Å². The number of carbonyl (C=O) groups is 1. The van der Waals surface area contributed by atoms with Crippen molar-refractivity contribution < 1.29 is 28.2 Å². The summed E-state index contributed by atoms with van der Waals surface area (Å²) in [4.78, 5) is 28.3. The maximum Gasteiger partial charge on any atom is 0.319 e. The van der Waals surface area contributed by atoms with Crippen LogP contribution in [0.15, 0.2) is 49.1 Å².